The molecule has 0 aromatic carbocycles. The van der Waals surface area contributed by atoms with Crippen molar-refractivity contribution in [2.75, 3.05) is 13.1 Å². The van der Waals surface area contributed by atoms with Crippen LogP contribution in [0.2, 0.25) is 0 Å². The van der Waals surface area contributed by atoms with Crippen LogP contribution in [0.3, 0.4) is 0 Å². The Hall–Kier alpha value is -0.710. The van der Waals surface area contributed by atoms with Crippen LogP contribution in [-0.4, -0.2) is 24.9 Å². The zero-order valence-corrected chi connectivity index (χ0v) is 8.51. The number of alkyl halides is 2. The van der Waals surface area contributed by atoms with E-state index in [0.717, 1.165) is 12.8 Å². The van der Waals surface area contributed by atoms with Gasteiger partial charge in [-0.1, -0.05) is 6.42 Å². The van der Waals surface area contributed by atoms with Gasteiger partial charge in [0.15, 0.2) is 0 Å². The van der Waals surface area contributed by atoms with Crippen molar-refractivity contribution < 1.29 is 13.6 Å². The second-order valence-electron chi connectivity index (χ2n) is 4.56. The second kappa shape index (κ2) is 3.70. The fourth-order valence-electron chi connectivity index (χ4n) is 2.62. The van der Waals surface area contributed by atoms with E-state index in [1.807, 2.05) is 0 Å². The van der Waals surface area contributed by atoms with Crippen molar-refractivity contribution in [3.8, 4) is 0 Å². The average molecular weight is 218 g/mol. The number of fused-ring (bicyclic) bond motifs is 1. The first kappa shape index (κ1) is 10.8. The van der Waals surface area contributed by atoms with E-state index in [2.05, 4.69) is 5.32 Å². The fourth-order valence-corrected chi connectivity index (χ4v) is 2.62. The molecule has 2 aliphatic carbocycles. The Bertz CT molecular complexity index is 260. The summed E-state index contributed by atoms with van der Waals surface area (Å²) < 4.78 is 25.5. The smallest absolute Gasteiger partial charge is 0.277 e. The van der Waals surface area contributed by atoms with Gasteiger partial charge < -0.3 is 11.1 Å². The number of nitrogens with two attached hydrogens (primary N) is 1. The highest BCUT2D eigenvalue weighted by Crippen LogP contribution is 2.57. The van der Waals surface area contributed by atoms with Gasteiger partial charge in [-0.25, -0.2) is 8.78 Å². The van der Waals surface area contributed by atoms with E-state index in [0.29, 0.717) is 11.8 Å². The minimum Gasteiger partial charge on any atom is -0.350 e. The van der Waals surface area contributed by atoms with Crippen molar-refractivity contribution in [1.29, 1.82) is 0 Å². The van der Waals surface area contributed by atoms with E-state index in [9.17, 15) is 13.6 Å². The van der Waals surface area contributed by atoms with Gasteiger partial charge in [-0.3, -0.25) is 4.79 Å². The first-order valence-corrected chi connectivity index (χ1v) is 5.41. The van der Waals surface area contributed by atoms with E-state index < -0.39 is 19.0 Å². The Kier molecular flexibility index (Phi) is 2.66. The van der Waals surface area contributed by atoms with Crippen LogP contribution in [0.1, 0.15) is 19.3 Å². The summed E-state index contributed by atoms with van der Waals surface area (Å²) in [6.07, 6.45) is 3.34. The van der Waals surface area contributed by atoms with Crippen molar-refractivity contribution in [3.63, 3.8) is 0 Å². The molecule has 3 nitrogen and oxygen atoms in total. The summed E-state index contributed by atoms with van der Waals surface area (Å²) in [5.74, 6) is -2.24. The third kappa shape index (κ3) is 2.12. The van der Waals surface area contributed by atoms with E-state index in [1.165, 1.54) is 6.42 Å². The van der Waals surface area contributed by atoms with Gasteiger partial charge in [0.25, 0.3) is 5.92 Å². The first-order valence-electron chi connectivity index (χ1n) is 5.41. The molecule has 0 aromatic rings. The van der Waals surface area contributed by atoms with E-state index in [-0.39, 0.29) is 11.8 Å². The van der Waals surface area contributed by atoms with E-state index in [4.69, 9.17) is 5.73 Å². The number of hydrogen-bond acceptors (Lipinski definition) is 2. The SMILES string of the molecule is NCC(F)(F)CNC(=O)C1C2CCCC21. The number of carbonyl (C=O) groups is 1. The molecule has 0 spiro atoms. The first-order chi connectivity index (χ1) is 7.05. The summed E-state index contributed by atoms with van der Waals surface area (Å²) >= 11 is 0. The summed E-state index contributed by atoms with van der Waals surface area (Å²) in [6, 6.07) is 0. The molecule has 15 heavy (non-hydrogen) atoms. The maximum atomic E-state index is 12.7. The quantitative estimate of drug-likeness (QED) is 0.731. The van der Waals surface area contributed by atoms with E-state index >= 15 is 0 Å². The summed E-state index contributed by atoms with van der Waals surface area (Å²) in [7, 11) is 0. The molecular formula is C10H16F2N2O. The summed E-state index contributed by atoms with van der Waals surface area (Å²) in [6.45, 7) is -1.34. The molecule has 0 aromatic heterocycles. The van der Waals surface area contributed by atoms with Crippen LogP contribution in [0.5, 0.6) is 0 Å². The lowest BCUT2D eigenvalue weighted by molar-refractivity contribution is -0.124. The molecule has 1 amide bonds. The molecule has 0 bridgehead atoms. The van der Waals surface area contributed by atoms with Crippen molar-refractivity contribution in [1.82, 2.24) is 5.32 Å². The molecule has 5 heteroatoms. The van der Waals surface area contributed by atoms with Gasteiger partial charge in [0.1, 0.15) is 0 Å². The number of halogens is 2. The van der Waals surface area contributed by atoms with Crippen molar-refractivity contribution in [2.45, 2.75) is 25.2 Å². The Balaban J connectivity index is 1.75. The predicted molar refractivity (Wildman–Crippen MR) is 51.3 cm³/mol. The fraction of sp³-hybridized carbons (Fsp3) is 0.900. The zero-order chi connectivity index (χ0) is 11.1. The molecule has 2 aliphatic rings. The Labute approximate surface area is 87.4 Å². The highest BCUT2D eigenvalue weighted by Gasteiger charge is 2.56. The molecule has 3 N–H and O–H groups in total. The number of rotatable bonds is 4. The van der Waals surface area contributed by atoms with Gasteiger partial charge in [-0.15, -0.1) is 0 Å². The maximum Gasteiger partial charge on any atom is 0.277 e. The molecule has 0 radical (unpaired) electrons. The third-order valence-electron chi connectivity index (χ3n) is 3.53. The Morgan fingerprint density at radius 3 is 2.53 bits per heavy atom. The lowest BCUT2D eigenvalue weighted by Gasteiger charge is -2.14. The molecule has 0 aliphatic heterocycles. The van der Waals surface area contributed by atoms with Crippen LogP contribution in [0.25, 0.3) is 0 Å². The van der Waals surface area contributed by atoms with Gasteiger partial charge in [-0.05, 0) is 24.7 Å². The molecule has 2 fully saturated rings. The molecule has 2 unspecified atom stereocenters. The predicted octanol–water partition coefficient (Wildman–Crippen LogP) is 0.743. The van der Waals surface area contributed by atoms with Crippen molar-refractivity contribution >= 4 is 5.91 Å². The third-order valence-corrected chi connectivity index (χ3v) is 3.53. The minimum absolute atomic E-state index is 0.00678. The molecule has 2 rings (SSSR count). The minimum atomic E-state index is -2.97. The second-order valence-corrected chi connectivity index (χ2v) is 4.56. The normalized spacial score (nSPS) is 33.7. The van der Waals surface area contributed by atoms with Crippen LogP contribution in [0.15, 0.2) is 0 Å². The van der Waals surface area contributed by atoms with Crippen LogP contribution in [-0.2, 0) is 4.79 Å². The number of hydrogen-bond donors (Lipinski definition) is 2. The van der Waals surface area contributed by atoms with Crippen LogP contribution < -0.4 is 11.1 Å². The molecule has 2 atom stereocenters. The molecule has 0 saturated heterocycles. The van der Waals surface area contributed by atoms with Crippen LogP contribution >= 0.6 is 0 Å². The monoisotopic (exact) mass is 218 g/mol. The Morgan fingerprint density at radius 1 is 1.40 bits per heavy atom. The van der Waals surface area contributed by atoms with E-state index in [1.54, 1.807) is 0 Å². The highest BCUT2D eigenvalue weighted by molar-refractivity contribution is 5.82. The number of amides is 1. The summed E-state index contributed by atoms with van der Waals surface area (Å²) in [5.41, 5.74) is 4.87. The van der Waals surface area contributed by atoms with Crippen LogP contribution in [0, 0.1) is 17.8 Å². The Morgan fingerprint density at radius 2 is 2.00 bits per heavy atom. The zero-order valence-electron chi connectivity index (χ0n) is 8.51. The van der Waals surface area contributed by atoms with Gasteiger partial charge >= 0.3 is 0 Å². The van der Waals surface area contributed by atoms with Gasteiger partial charge in [0.05, 0.1) is 13.1 Å². The number of carbonyl (C=O) groups excluding carboxylic acids is 1. The lowest BCUT2D eigenvalue weighted by atomic mass is 10.1. The van der Waals surface area contributed by atoms with Crippen molar-refractivity contribution in [3.05, 3.63) is 0 Å². The summed E-state index contributed by atoms with van der Waals surface area (Å²) in [4.78, 5) is 11.5. The average Bonchev–Trinajstić information content (AvgIpc) is 2.69. The van der Waals surface area contributed by atoms with Gasteiger partial charge in [0, 0.05) is 5.92 Å². The number of nitrogens with one attached hydrogen (secondary N) is 1. The maximum absolute atomic E-state index is 12.7. The summed E-state index contributed by atoms with van der Waals surface area (Å²) in [5, 5.41) is 2.30. The molecule has 86 valence electrons. The lowest BCUT2D eigenvalue weighted by Crippen LogP contribution is -2.42. The molecule has 0 heterocycles. The standard InChI is InChI=1S/C10H16F2N2O/c11-10(12,4-13)5-14-9(15)8-6-2-1-3-7(6)8/h6-8H,1-5,13H2,(H,14,15). The van der Waals surface area contributed by atoms with Crippen LogP contribution in [0.4, 0.5) is 8.78 Å². The molecular weight excluding hydrogens is 202 g/mol. The molecule has 2 saturated carbocycles. The highest BCUT2D eigenvalue weighted by atomic mass is 19.3. The van der Waals surface area contributed by atoms with Gasteiger partial charge in [-0.2, -0.15) is 0 Å². The largest absolute Gasteiger partial charge is 0.350 e. The van der Waals surface area contributed by atoms with Crippen molar-refractivity contribution in [2.24, 2.45) is 23.5 Å². The topological polar surface area (TPSA) is 55.1 Å². The van der Waals surface area contributed by atoms with Gasteiger partial charge in [0.2, 0.25) is 5.91 Å².